The van der Waals surface area contributed by atoms with Crippen LogP contribution in [0.3, 0.4) is 0 Å². The van der Waals surface area contributed by atoms with Crippen LogP contribution in [0, 0.1) is 0 Å². The Morgan fingerprint density at radius 3 is 2.55 bits per heavy atom. The first-order chi connectivity index (χ1) is 5.47. The fourth-order valence-electron chi connectivity index (χ4n) is 0.995. The van der Waals surface area contributed by atoms with Crippen LogP contribution in [0.25, 0.3) is 10.9 Å². The van der Waals surface area contributed by atoms with Crippen molar-refractivity contribution in [3.63, 3.8) is 0 Å². The summed E-state index contributed by atoms with van der Waals surface area (Å²) in [6.07, 6.45) is 1.95. The zero-order valence-corrected chi connectivity index (χ0v) is 8.73. The van der Waals surface area contributed by atoms with E-state index in [9.17, 15) is 0 Å². The molecule has 0 spiro atoms. The molecule has 1 aromatic heterocycles. The minimum Gasteiger partial charge on any atom is -0.361 e. The molecule has 0 saturated carbocycles. The number of fused-ring (bicyclic) bond motifs is 1. The first-order valence-corrected chi connectivity index (χ1v) is 4.36. The van der Waals surface area contributed by atoms with E-state index in [1.165, 1.54) is 10.9 Å². The maximum Gasteiger partial charge on any atom is 0.0453 e. The largest absolute Gasteiger partial charge is 0.361 e. The molecule has 1 N–H and O–H groups in total. The van der Waals surface area contributed by atoms with Crippen molar-refractivity contribution in [3.8, 4) is 0 Å². The number of para-hydroxylation sites is 1. The summed E-state index contributed by atoms with van der Waals surface area (Å²) in [6, 6.07) is 10.3. The zero-order valence-electron chi connectivity index (χ0n) is 5.87. The normalized spacial score (nSPS) is 8.73. The molecular weight excluding hydrogens is 245 g/mol. The Morgan fingerprint density at radius 1 is 1.09 bits per heavy atom. The van der Waals surface area contributed by atoms with Gasteiger partial charge in [-0.25, -0.2) is 0 Å². The van der Waals surface area contributed by atoms with Crippen LogP contribution in [0.1, 0.15) is 0 Å². The smallest absolute Gasteiger partial charge is 0.0453 e. The molecule has 0 saturated heterocycles. The number of H-pyrrole nitrogens is 1. The molecule has 2 rings (SSSR count). The van der Waals surface area contributed by atoms with E-state index < -0.39 is 0 Å². The van der Waals surface area contributed by atoms with Crippen molar-refractivity contribution in [1.29, 1.82) is 0 Å². The van der Waals surface area contributed by atoms with Gasteiger partial charge in [-0.15, -0.1) is 0 Å². The summed E-state index contributed by atoms with van der Waals surface area (Å²) in [5.41, 5.74) is 1.21. The number of rotatable bonds is 0. The predicted molar refractivity (Wildman–Crippen MR) is 44.7 cm³/mol. The van der Waals surface area contributed by atoms with Crippen molar-refractivity contribution >= 4 is 33.4 Å². The number of nitrogens with one attached hydrogen (secondary N) is 1. The average molecular weight is 252 g/mol. The molecule has 0 aliphatic heterocycles. The van der Waals surface area contributed by atoms with Gasteiger partial charge >= 0.3 is 25.6 Å². The third-order valence-electron chi connectivity index (χ3n) is 1.46. The van der Waals surface area contributed by atoms with Gasteiger partial charge in [-0.1, -0.05) is 18.2 Å². The van der Waals surface area contributed by atoms with Gasteiger partial charge in [0.15, 0.2) is 0 Å². The molecule has 11 heavy (non-hydrogen) atoms. The van der Waals surface area contributed by atoms with Crippen molar-refractivity contribution in [2.24, 2.45) is 0 Å². The van der Waals surface area contributed by atoms with Crippen molar-refractivity contribution in [2.75, 3.05) is 0 Å². The van der Waals surface area contributed by atoms with Crippen LogP contribution in [0.15, 0.2) is 36.5 Å². The van der Waals surface area contributed by atoms with E-state index in [0.29, 0.717) is 22.5 Å². The van der Waals surface area contributed by atoms with Gasteiger partial charge in [0.1, 0.15) is 0 Å². The van der Waals surface area contributed by atoms with Crippen molar-refractivity contribution in [2.45, 2.75) is 0 Å². The van der Waals surface area contributed by atoms with Gasteiger partial charge < -0.3 is 4.98 Å². The van der Waals surface area contributed by atoms with E-state index in [2.05, 4.69) is 23.2 Å². The number of hydrogen-bond donors (Lipinski definition) is 1. The average Bonchev–Trinajstić information content (AvgIpc) is 2.55. The fourth-order valence-corrected chi connectivity index (χ4v) is 0.995. The molecule has 0 aliphatic carbocycles. The minimum atomic E-state index is 0.300. The predicted octanol–water partition coefficient (Wildman–Crippen LogP) is 1.67. The van der Waals surface area contributed by atoms with Crippen molar-refractivity contribution in [1.82, 2.24) is 4.98 Å². The summed E-state index contributed by atoms with van der Waals surface area (Å²) in [5, 5.41) is 1.28. The van der Waals surface area contributed by atoms with Gasteiger partial charge in [-0.05, 0) is 17.5 Å². The van der Waals surface area contributed by atoms with Gasteiger partial charge in [-0.3, -0.25) is 0 Å². The van der Waals surface area contributed by atoms with Gasteiger partial charge in [0.25, 0.3) is 0 Å². The Bertz CT molecular complexity index is 301. The number of aromatic amines is 1. The summed E-state index contributed by atoms with van der Waals surface area (Å²) in [7, 11) is 0. The van der Waals surface area contributed by atoms with E-state index in [0.717, 1.165) is 0 Å². The second-order valence-electron chi connectivity index (χ2n) is 2.06. The summed E-state index contributed by atoms with van der Waals surface area (Å²) in [4.78, 5) is 3.12. The molecule has 2 radical (unpaired) electrons. The summed E-state index contributed by atoms with van der Waals surface area (Å²) in [6.45, 7) is 0. The molecule has 3 heteroatoms. The second-order valence-corrected chi connectivity index (χ2v) is 2.06. The summed E-state index contributed by atoms with van der Waals surface area (Å²) >= 11 is 0.300. The van der Waals surface area contributed by atoms with Crippen LogP contribution in [0.4, 0.5) is 0 Å². The Labute approximate surface area is 78.1 Å². The van der Waals surface area contributed by atoms with E-state index >= 15 is 0 Å². The molecule has 2 nitrogen and oxygen atoms in total. The van der Waals surface area contributed by atoms with Crippen LogP contribution < -0.4 is 0 Å². The van der Waals surface area contributed by atoms with E-state index in [1.807, 2.05) is 18.3 Å². The number of benzene rings is 1. The SMILES string of the molecule is [O]=[Sn].c1ccc2[nH]ccc2c1. The van der Waals surface area contributed by atoms with Gasteiger partial charge in [-0.2, -0.15) is 0 Å². The van der Waals surface area contributed by atoms with E-state index in [4.69, 9.17) is 3.08 Å². The molecule has 54 valence electrons. The van der Waals surface area contributed by atoms with Crippen LogP contribution >= 0.6 is 0 Å². The summed E-state index contributed by atoms with van der Waals surface area (Å²) < 4.78 is 8.34. The standard InChI is InChI=1S/C8H7N.O.Sn/c1-2-4-8-7(3-1)5-6-9-8;;/h1-6,9H;;. The van der Waals surface area contributed by atoms with Crippen LogP contribution in [-0.4, -0.2) is 27.5 Å². The Hall–Kier alpha value is -0.641. The molecule has 0 amide bonds. The topological polar surface area (TPSA) is 32.9 Å². The molecule has 0 aliphatic rings. The summed E-state index contributed by atoms with van der Waals surface area (Å²) in [5.74, 6) is 0. The second kappa shape index (κ2) is 4.28. The molecule has 1 heterocycles. The number of aromatic nitrogens is 1. The van der Waals surface area contributed by atoms with E-state index in [1.54, 1.807) is 0 Å². The third kappa shape index (κ3) is 1.89. The number of hydrogen-bond acceptors (Lipinski definition) is 1. The quantitative estimate of drug-likeness (QED) is 0.710. The van der Waals surface area contributed by atoms with Crippen LogP contribution in [-0.2, 0) is 3.08 Å². The molecule has 0 fully saturated rings. The third-order valence-corrected chi connectivity index (χ3v) is 1.46. The molecule has 2 aromatic rings. The van der Waals surface area contributed by atoms with Gasteiger partial charge in [0.05, 0.1) is 0 Å². The molecule has 1 aromatic carbocycles. The van der Waals surface area contributed by atoms with Gasteiger partial charge in [0.2, 0.25) is 0 Å². The molecule has 0 unspecified atom stereocenters. The van der Waals surface area contributed by atoms with Crippen LogP contribution in [0.5, 0.6) is 0 Å². The Balaban J connectivity index is 0.000000281. The zero-order chi connectivity index (χ0) is 8.10. The van der Waals surface area contributed by atoms with Gasteiger partial charge in [0, 0.05) is 11.7 Å². The Kier molecular flexibility index (Phi) is 3.29. The monoisotopic (exact) mass is 253 g/mol. The van der Waals surface area contributed by atoms with Crippen LogP contribution in [0.2, 0.25) is 0 Å². The van der Waals surface area contributed by atoms with E-state index in [-0.39, 0.29) is 0 Å². The van der Waals surface area contributed by atoms with Crippen molar-refractivity contribution in [3.05, 3.63) is 36.5 Å². The van der Waals surface area contributed by atoms with Crippen molar-refractivity contribution < 1.29 is 3.08 Å². The maximum absolute atomic E-state index is 8.34. The maximum atomic E-state index is 8.34. The molecular formula is C8H7NOSn. The first-order valence-electron chi connectivity index (χ1n) is 3.19. The molecule has 0 bridgehead atoms. The molecule has 0 atom stereocenters. The first kappa shape index (κ1) is 8.46. The Morgan fingerprint density at radius 2 is 1.82 bits per heavy atom. The minimum absolute atomic E-state index is 0.300. The fraction of sp³-hybridized carbons (Fsp3) is 0.